The van der Waals surface area contributed by atoms with E-state index in [1.165, 1.54) is 23.5 Å². The molecular formula is C22H23ClN2O3S2. The van der Waals surface area contributed by atoms with Crippen molar-refractivity contribution < 1.29 is 13.2 Å². The summed E-state index contributed by atoms with van der Waals surface area (Å²) >= 11 is 7.50. The van der Waals surface area contributed by atoms with E-state index in [1.54, 1.807) is 12.1 Å². The van der Waals surface area contributed by atoms with Crippen molar-refractivity contribution in [2.75, 3.05) is 20.6 Å². The number of carbonyl (C=O) groups excluding carboxylic acids is 1. The molecule has 0 bridgehead atoms. The van der Waals surface area contributed by atoms with E-state index in [4.69, 9.17) is 16.7 Å². The zero-order valence-electron chi connectivity index (χ0n) is 16.8. The summed E-state index contributed by atoms with van der Waals surface area (Å²) in [6.45, 7) is 0.832. The monoisotopic (exact) mass is 462 g/mol. The normalized spacial score (nSPS) is 11.8. The first-order valence-corrected chi connectivity index (χ1v) is 12.1. The predicted molar refractivity (Wildman–Crippen MR) is 124 cm³/mol. The summed E-state index contributed by atoms with van der Waals surface area (Å²) < 4.78 is 23.1. The first-order valence-electron chi connectivity index (χ1n) is 9.36. The summed E-state index contributed by atoms with van der Waals surface area (Å²) in [7, 11) is 0.186. The highest BCUT2D eigenvalue weighted by Crippen LogP contribution is 2.39. The van der Waals surface area contributed by atoms with E-state index in [1.807, 2.05) is 49.3 Å². The van der Waals surface area contributed by atoms with Gasteiger partial charge in [-0.1, -0.05) is 35.9 Å². The van der Waals surface area contributed by atoms with Gasteiger partial charge in [-0.15, -0.1) is 11.3 Å². The molecule has 3 rings (SSSR count). The van der Waals surface area contributed by atoms with Gasteiger partial charge in [0, 0.05) is 26.8 Å². The van der Waals surface area contributed by atoms with Gasteiger partial charge in [-0.25, -0.2) is 13.6 Å². The second-order valence-corrected chi connectivity index (χ2v) is 10.3. The van der Waals surface area contributed by atoms with Gasteiger partial charge in [-0.05, 0) is 68.5 Å². The minimum absolute atomic E-state index is 0.0413. The van der Waals surface area contributed by atoms with Crippen LogP contribution in [0.1, 0.15) is 23.2 Å². The molecule has 0 aliphatic rings. The molecule has 0 saturated heterocycles. The zero-order valence-corrected chi connectivity index (χ0v) is 19.2. The van der Waals surface area contributed by atoms with Crippen molar-refractivity contribution in [2.24, 2.45) is 5.14 Å². The Kier molecular flexibility index (Phi) is 7.10. The number of halogens is 1. The van der Waals surface area contributed by atoms with Crippen LogP contribution in [-0.4, -0.2) is 39.7 Å². The Morgan fingerprint density at radius 1 is 1.03 bits per heavy atom. The molecule has 0 amide bonds. The molecule has 0 spiro atoms. The van der Waals surface area contributed by atoms with Crippen LogP contribution >= 0.6 is 22.9 Å². The van der Waals surface area contributed by atoms with Gasteiger partial charge in [0.15, 0.2) is 5.78 Å². The largest absolute Gasteiger partial charge is 0.309 e. The van der Waals surface area contributed by atoms with Crippen molar-refractivity contribution >= 4 is 38.7 Å². The summed E-state index contributed by atoms with van der Waals surface area (Å²) in [5.74, 6) is 0.0684. The predicted octanol–water partition coefficient (Wildman–Crippen LogP) is 4.91. The fourth-order valence-corrected chi connectivity index (χ4v) is 4.88. The zero-order chi connectivity index (χ0) is 21.9. The van der Waals surface area contributed by atoms with E-state index in [9.17, 15) is 13.2 Å². The minimum atomic E-state index is -3.77. The first kappa shape index (κ1) is 22.7. The quantitative estimate of drug-likeness (QED) is 0.482. The average molecular weight is 463 g/mol. The maximum atomic E-state index is 13.0. The molecule has 2 N–H and O–H groups in total. The number of nitrogens with two attached hydrogens (primary N) is 1. The number of Topliss-reactive ketones (excluding diaryl/α,β-unsaturated/α-hetero) is 1. The highest BCUT2D eigenvalue weighted by atomic mass is 35.5. The molecule has 3 aromatic rings. The lowest BCUT2D eigenvalue weighted by molar-refractivity contribution is 0.0978. The molecule has 158 valence electrons. The summed E-state index contributed by atoms with van der Waals surface area (Å²) in [5.41, 5.74) is 2.40. The molecule has 0 aliphatic carbocycles. The van der Waals surface area contributed by atoms with Crippen molar-refractivity contribution in [3.05, 3.63) is 65.2 Å². The molecule has 1 heterocycles. The molecule has 2 aromatic carbocycles. The van der Waals surface area contributed by atoms with Gasteiger partial charge in [0.1, 0.15) is 0 Å². The van der Waals surface area contributed by atoms with E-state index in [0.717, 1.165) is 33.8 Å². The molecule has 8 heteroatoms. The number of thiophene rings is 1. The number of ketones is 1. The highest BCUT2D eigenvalue weighted by molar-refractivity contribution is 7.89. The van der Waals surface area contributed by atoms with Gasteiger partial charge in [-0.2, -0.15) is 0 Å². The van der Waals surface area contributed by atoms with Crippen LogP contribution in [0.3, 0.4) is 0 Å². The van der Waals surface area contributed by atoms with Gasteiger partial charge < -0.3 is 4.90 Å². The highest BCUT2D eigenvalue weighted by Gasteiger charge is 2.19. The number of hydrogen-bond donors (Lipinski definition) is 1. The SMILES string of the molecule is CN(C)CCCC(=O)c1cc(-c2ccc(Cl)cc2)sc1-c1ccc(S(N)(=O)=O)cc1. The van der Waals surface area contributed by atoms with Crippen LogP contribution in [0.15, 0.2) is 59.5 Å². The maximum absolute atomic E-state index is 13.0. The summed E-state index contributed by atoms with van der Waals surface area (Å²) in [4.78, 5) is 16.9. The smallest absolute Gasteiger partial charge is 0.238 e. The van der Waals surface area contributed by atoms with Gasteiger partial charge in [-0.3, -0.25) is 4.79 Å². The third-order valence-corrected chi connectivity index (χ3v) is 7.03. The second-order valence-electron chi connectivity index (χ2n) is 7.26. The lowest BCUT2D eigenvalue weighted by Crippen LogP contribution is -2.14. The van der Waals surface area contributed by atoms with E-state index >= 15 is 0 Å². The standard InChI is InChI=1S/C22H23ClN2O3S2/c1-25(2)13-3-4-20(26)19-14-21(15-5-9-17(23)10-6-15)29-22(19)16-7-11-18(12-8-16)30(24,27)28/h5-12,14H,3-4,13H2,1-2H3,(H2,24,27,28). The molecule has 30 heavy (non-hydrogen) atoms. The minimum Gasteiger partial charge on any atom is -0.309 e. The third-order valence-electron chi connectivity index (χ3n) is 4.62. The van der Waals surface area contributed by atoms with Crippen LogP contribution in [0.5, 0.6) is 0 Å². The molecule has 5 nitrogen and oxygen atoms in total. The molecule has 0 saturated carbocycles. The van der Waals surface area contributed by atoms with Gasteiger partial charge in [0.05, 0.1) is 4.90 Å². The first-order chi connectivity index (χ1) is 14.1. The Bertz CT molecular complexity index is 1140. The summed E-state index contributed by atoms with van der Waals surface area (Å²) in [5, 5.41) is 5.85. The van der Waals surface area contributed by atoms with Crippen molar-refractivity contribution in [2.45, 2.75) is 17.7 Å². The van der Waals surface area contributed by atoms with Crippen molar-refractivity contribution in [3.8, 4) is 20.9 Å². The average Bonchev–Trinajstić information content (AvgIpc) is 3.13. The van der Waals surface area contributed by atoms with Crippen LogP contribution < -0.4 is 5.14 Å². The van der Waals surface area contributed by atoms with E-state index in [-0.39, 0.29) is 10.7 Å². The molecule has 0 aliphatic heterocycles. The van der Waals surface area contributed by atoms with Crippen molar-refractivity contribution in [1.82, 2.24) is 4.90 Å². The number of benzene rings is 2. The number of sulfonamides is 1. The van der Waals surface area contributed by atoms with Crippen LogP contribution in [0.25, 0.3) is 20.9 Å². The number of primary sulfonamides is 1. The van der Waals surface area contributed by atoms with Crippen LogP contribution in [0.4, 0.5) is 0 Å². The second kappa shape index (κ2) is 9.41. The number of nitrogens with zero attached hydrogens (tertiary/aromatic N) is 1. The lowest BCUT2D eigenvalue weighted by Gasteiger charge is -2.09. The molecule has 0 atom stereocenters. The molecular weight excluding hydrogens is 440 g/mol. The fraction of sp³-hybridized carbons (Fsp3) is 0.227. The van der Waals surface area contributed by atoms with E-state index in [0.29, 0.717) is 17.0 Å². The molecule has 0 unspecified atom stereocenters. The topological polar surface area (TPSA) is 80.5 Å². The van der Waals surface area contributed by atoms with Gasteiger partial charge >= 0.3 is 0 Å². The summed E-state index contributed by atoms with van der Waals surface area (Å²) in [6, 6.07) is 15.7. The molecule has 0 fully saturated rings. The van der Waals surface area contributed by atoms with Crippen molar-refractivity contribution in [1.29, 1.82) is 0 Å². The number of rotatable bonds is 8. The van der Waals surface area contributed by atoms with Gasteiger partial charge in [0.2, 0.25) is 10.0 Å². The molecule has 0 radical (unpaired) electrons. The van der Waals surface area contributed by atoms with Crippen LogP contribution in [0, 0.1) is 0 Å². The van der Waals surface area contributed by atoms with Crippen LogP contribution in [0.2, 0.25) is 5.02 Å². The number of carbonyl (C=O) groups is 1. The maximum Gasteiger partial charge on any atom is 0.238 e. The third kappa shape index (κ3) is 5.56. The Labute approximate surface area is 186 Å². The fourth-order valence-electron chi connectivity index (χ4n) is 3.06. The Morgan fingerprint density at radius 3 is 2.20 bits per heavy atom. The van der Waals surface area contributed by atoms with E-state index in [2.05, 4.69) is 0 Å². The lowest BCUT2D eigenvalue weighted by atomic mass is 10.0. The summed E-state index contributed by atoms with van der Waals surface area (Å²) in [6.07, 6.45) is 1.21. The van der Waals surface area contributed by atoms with E-state index < -0.39 is 10.0 Å². The van der Waals surface area contributed by atoms with Gasteiger partial charge in [0.25, 0.3) is 0 Å². The molecule has 1 aromatic heterocycles. The number of hydrogen-bond acceptors (Lipinski definition) is 5. The van der Waals surface area contributed by atoms with Crippen LogP contribution in [-0.2, 0) is 10.0 Å². The Hall–Kier alpha value is -2.03. The van der Waals surface area contributed by atoms with Crippen molar-refractivity contribution in [3.63, 3.8) is 0 Å². The Morgan fingerprint density at radius 2 is 1.63 bits per heavy atom. The Balaban J connectivity index is 2.00.